The highest BCUT2D eigenvalue weighted by atomic mass is 19.4. The summed E-state index contributed by atoms with van der Waals surface area (Å²) >= 11 is 0. The maximum absolute atomic E-state index is 11.4. The molecule has 0 saturated carbocycles. The number of rotatable bonds is 6. The minimum Gasteiger partial charge on any atom is -0.292 e. The quantitative estimate of drug-likeness (QED) is 0.386. The second kappa shape index (κ2) is 6.02. The Morgan fingerprint density at radius 2 is 2.08 bits per heavy atom. The van der Waals surface area contributed by atoms with Gasteiger partial charge in [-0.05, 0) is 12.8 Å². The van der Waals surface area contributed by atoms with Gasteiger partial charge in [0.15, 0.2) is 6.61 Å². The molecule has 0 heterocycles. The Bertz CT molecular complexity index is 124. The van der Waals surface area contributed by atoms with Gasteiger partial charge in [0.1, 0.15) is 0 Å². The zero-order chi connectivity index (χ0) is 9.45. The van der Waals surface area contributed by atoms with Gasteiger partial charge in [-0.25, -0.2) is 5.48 Å². The minimum atomic E-state index is -4.26. The Morgan fingerprint density at radius 3 is 2.58 bits per heavy atom. The second-order valence-electron chi connectivity index (χ2n) is 2.23. The summed E-state index contributed by atoms with van der Waals surface area (Å²) in [7, 11) is 0. The molecule has 0 aromatic carbocycles. The first-order valence-corrected chi connectivity index (χ1v) is 3.58. The number of nitrogens with one attached hydrogen (secondary N) is 1. The van der Waals surface area contributed by atoms with E-state index >= 15 is 0 Å². The zero-order valence-corrected chi connectivity index (χ0v) is 6.66. The molecule has 1 N–H and O–H groups in total. The first-order valence-electron chi connectivity index (χ1n) is 3.58. The number of hydrogen-bond acceptors (Lipinski definition) is 2. The van der Waals surface area contributed by atoms with Crippen molar-refractivity contribution in [2.24, 2.45) is 0 Å². The van der Waals surface area contributed by atoms with E-state index in [0.717, 1.165) is 12.8 Å². The smallest absolute Gasteiger partial charge is 0.292 e. The average molecular weight is 183 g/mol. The van der Waals surface area contributed by atoms with E-state index < -0.39 is 12.8 Å². The molecule has 0 saturated heterocycles. The van der Waals surface area contributed by atoms with Gasteiger partial charge in [-0.3, -0.25) is 4.84 Å². The molecule has 0 spiro atoms. The van der Waals surface area contributed by atoms with Crippen molar-refractivity contribution < 1.29 is 18.0 Å². The van der Waals surface area contributed by atoms with Gasteiger partial charge in [-0.15, -0.1) is 6.58 Å². The van der Waals surface area contributed by atoms with Crippen LogP contribution in [-0.4, -0.2) is 19.3 Å². The Morgan fingerprint density at radius 1 is 1.42 bits per heavy atom. The van der Waals surface area contributed by atoms with Crippen LogP contribution in [0.4, 0.5) is 13.2 Å². The zero-order valence-electron chi connectivity index (χ0n) is 6.66. The predicted molar refractivity (Wildman–Crippen MR) is 39.4 cm³/mol. The average Bonchev–Trinajstić information content (AvgIpc) is 1.94. The highest BCUT2D eigenvalue weighted by molar-refractivity contribution is 4.65. The molecule has 0 aromatic heterocycles. The molecule has 0 unspecified atom stereocenters. The van der Waals surface area contributed by atoms with Crippen LogP contribution < -0.4 is 5.48 Å². The Labute approximate surface area is 69.4 Å². The number of hydrogen-bond donors (Lipinski definition) is 1. The van der Waals surface area contributed by atoms with Gasteiger partial charge >= 0.3 is 6.18 Å². The molecule has 0 atom stereocenters. The molecule has 12 heavy (non-hydrogen) atoms. The van der Waals surface area contributed by atoms with Crippen molar-refractivity contribution >= 4 is 0 Å². The van der Waals surface area contributed by atoms with Crippen LogP contribution in [0.1, 0.15) is 12.8 Å². The van der Waals surface area contributed by atoms with Gasteiger partial charge in [0.2, 0.25) is 0 Å². The summed E-state index contributed by atoms with van der Waals surface area (Å²) in [6.07, 6.45) is -1.07. The standard InChI is InChI=1S/C7H12F3NO/c1-2-3-4-5-11-12-6-7(8,9)10/h2,11H,1,3-6H2. The maximum Gasteiger partial charge on any atom is 0.413 e. The van der Waals surface area contributed by atoms with Crippen LogP contribution in [0, 0.1) is 0 Å². The fourth-order valence-corrected chi connectivity index (χ4v) is 0.524. The molecule has 0 rings (SSSR count). The van der Waals surface area contributed by atoms with Gasteiger partial charge in [0, 0.05) is 6.54 Å². The molecular weight excluding hydrogens is 171 g/mol. The van der Waals surface area contributed by atoms with E-state index in [-0.39, 0.29) is 0 Å². The summed E-state index contributed by atoms with van der Waals surface area (Å²) in [5.41, 5.74) is 2.21. The molecule has 0 aliphatic heterocycles. The number of hydroxylamine groups is 1. The first-order chi connectivity index (χ1) is 5.56. The lowest BCUT2D eigenvalue weighted by atomic mass is 10.3. The van der Waals surface area contributed by atoms with Crippen LogP contribution >= 0.6 is 0 Å². The second-order valence-corrected chi connectivity index (χ2v) is 2.23. The third-order valence-corrected chi connectivity index (χ3v) is 1.02. The van der Waals surface area contributed by atoms with Crippen LogP contribution in [0.15, 0.2) is 12.7 Å². The topological polar surface area (TPSA) is 21.3 Å². The van der Waals surface area contributed by atoms with E-state index in [0.29, 0.717) is 6.54 Å². The number of alkyl halides is 3. The van der Waals surface area contributed by atoms with Crippen molar-refractivity contribution in [2.45, 2.75) is 19.0 Å². The van der Waals surface area contributed by atoms with E-state index in [1.54, 1.807) is 6.08 Å². The van der Waals surface area contributed by atoms with E-state index in [4.69, 9.17) is 0 Å². The van der Waals surface area contributed by atoms with Crippen LogP contribution in [0.25, 0.3) is 0 Å². The summed E-state index contributed by atoms with van der Waals surface area (Å²) in [5.74, 6) is 0. The fraction of sp³-hybridized carbons (Fsp3) is 0.714. The van der Waals surface area contributed by atoms with Crippen molar-refractivity contribution in [3.8, 4) is 0 Å². The molecule has 0 aliphatic carbocycles. The van der Waals surface area contributed by atoms with E-state index in [1.165, 1.54) is 0 Å². The van der Waals surface area contributed by atoms with E-state index in [2.05, 4.69) is 16.9 Å². The van der Waals surface area contributed by atoms with Gasteiger partial charge < -0.3 is 0 Å². The fourth-order valence-electron chi connectivity index (χ4n) is 0.524. The van der Waals surface area contributed by atoms with Crippen LogP contribution in [0.2, 0.25) is 0 Å². The molecule has 0 fully saturated rings. The van der Waals surface area contributed by atoms with Gasteiger partial charge in [0.25, 0.3) is 0 Å². The van der Waals surface area contributed by atoms with Gasteiger partial charge in [-0.1, -0.05) is 6.08 Å². The summed E-state index contributed by atoms with van der Waals surface area (Å²) in [4.78, 5) is 4.14. The Kier molecular flexibility index (Phi) is 5.74. The summed E-state index contributed by atoms with van der Waals surface area (Å²) < 4.78 is 34.3. The molecule has 72 valence electrons. The van der Waals surface area contributed by atoms with Crippen LogP contribution in [0.5, 0.6) is 0 Å². The van der Waals surface area contributed by atoms with Crippen molar-refractivity contribution in [1.29, 1.82) is 0 Å². The van der Waals surface area contributed by atoms with E-state index in [1.807, 2.05) is 0 Å². The lowest BCUT2D eigenvalue weighted by molar-refractivity contribution is -0.189. The van der Waals surface area contributed by atoms with Crippen LogP contribution in [-0.2, 0) is 4.84 Å². The van der Waals surface area contributed by atoms with Gasteiger partial charge in [0.05, 0.1) is 0 Å². The van der Waals surface area contributed by atoms with Crippen molar-refractivity contribution in [2.75, 3.05) is 13.2 Å². The molecule has 2 nitrogen and oxygen atoms in total. The lowest BCUT2D eigenvalue weighted by Crippen LogP contribution is -2.25. The molecule has 0 bridgehead atoms. The maximum atomic E-state index is 11.4. The van der Waals surface area contributed by atoms with Crippen molar-refractivity contribution in [3.05, 3.63) is 12.7 Å². The molecule has 0 radical (unpaired) electrons. The summed E-state index contributed by atoms with van der Waals surface area (Å²) in [6.45, 7) is 2.63. The SMILES string of the molecule is C=CCCCNOCC(F)(F)F. The Hall–Kier alpha value is -0.550. The molecule has 0 amide bonds. The monoisotopic (exact) mass is 183 g/mol. The number of unbranched alkanes of at least 4 members (excludes halogenated alkanes) is 1. The van der Waals surface area contributed by atoms with Crippen molar-refractivity contribution in [1.82, 2.24) is 5.48 Å². The highest BCUT2D eigenvalue weighted by Crippen LogP contribution is 2.13. The number of allylic oxidation sites excluding steroid dienone is 1. The molecular formula is C7H12F3NO. The third kappa shape index (κ3) is 9.45. The highest BCUT2D eigenvalue weighted by Gasteiger charge is 2.27. The molecule has 0 aromatic rings. The predicted octanol–water partition coefficient (Wildman–Crippen LogP) is 2.04. The van der Waals surface area contributed by atoms with E-state index in [9.17, 15) is 13.2 Å². The molecule has 5 heteroatoms. The lowest BCUT2D eigenvalue weighted by Gasteiger charge is -2.07. The van der Waals surface area contributed by atoms with Crippen LogP contribution in [0.3, 0.4) is 0 Å². The minimum absolute atomic E-state index is 0.405. The summed E-state index contributed by atoms with van der Waals surface area (Å²) in [6, 6.07) is 0. The summed E-state index contributed by atoms with van der Waals surface area (Å²) in [5, 5.41) is 0. The third-order valence-electron chi connectivity index (χ3n) is 1.02. The molecule has 0 aliphatic rings. The van der Waals surface area contributed by atoms with Gasteiger partial charge in [-0.2, -0.15) is 13.2 Å². The Balaban J connectivity index is 3.06. The van der Waals surface area contributed by atoms with Crippen molar-refractivity contribution in [3.63, 3.8) is 0 Å². The largest absolute Gasteiger partial charge is 0.413 e. The number of halogens is 3. The first kappa shape index (κ1) is 11.4. The normalized spacial score (nSPS) is 11.6.